The van der Waals surface area contributed by atoms with E-state index in [2.05, 4.69) is 29.0 Å². The molecule has 0 spiro atoms. The van der Waals surface area contributed by atoms with Crippen molar-refractivity contribution in [1.29, 1.82) is 0 Å². The maximum Gasteiger partial charge on any atom is 0.251 e. The second kappa shape index (κ2) is 10.1. The lowest BCUT2D eigenvalue weighted by Crippen LogP contribution is -2.49. The first kappa shape index (κ1) is 20.1. The fraction of sp³-hybridized carbons (Fsp3) is 0.667. The average molecular weight is 376 g/mol. The molecule has 1 amide bonds. The van der Waals surface area contributed by atoms with Gasteiger partial charge in [-0.05, 0) is 36.6 Å². The molecule has 3 rings (SSSR count). The van der Waals surface area contributed by atoms with Gasteiger partial charge in [0.15, 0.2) is 0 Å². The van der Waals surface area contributed by atoms with Gasteiger partial charge in [0.25, 0.3) is 5.91 Å². The van der Waals surface area contributed by atoms with Crippen LogP contribution in [0.2, 0.25) is 0 Å². The zero-order valence-electron chi connectivity index (χ0n) is 16.7. The quantitative estimate of drug-likeness (QED) is 0.790. The molecule has 1 atom stereocenters. The number of nitrogens with zero attached hydrogens (tertiary/aromatic N) is 2. The van der Waals surface area contributed by atoms with Crippen LogP contribution in [0, 0.1) is 5.92 Å². The first-order valence-corrected chi connectivity index (χ1v) is 10.2. The fourth-order valence-electron chi connectivity index (χ4n) is 3.81. The van der Waals surface area contributed by atoms with Crippen LogP contribution in [0.15, 0.2) is 24.3 Å². The summed E-state index contributed by atoms with van der Waals surface area (Å²) in [5.41, 5.74) is 1.87. The van der Waals surface area contributed by atoms with Gasteiger partial charge in [-0.15, -0.1) is 0 Å². The normalized spacial score (nSPS) is 19.9. The van der Waals surface area contributed by atoms with Crippen LogP contribution in [0.25, 0.3) is 0 Å². The smallest absolute Gasteiger partial charge is 0.251 e. The fourth-order valence-corrected chi connectivity index (χ4v) is 3.81. The maximum absolute atomic E-state index is 12.6. The van der Waals surface area contributed by atoms with Crippen molar-refractivity contribution in [2.24, 2.45) is 5.92 Å². The number of nitrogens with one attached hydrogen (secondary N) is 1. The standard InChI is InChI=1S/C21H33N3O3/c1-17(2)15-20(24-9-13-27-14-10-24)16-22-21(25)18-3-5-19(6-4-18)23-7-11-26-12-8-23/h3-6,17,20H,7-16H2,1-2H3,(H,22,25). The number of hydrogen-bond donors (Lipinski definition) is 1. The van der Waals surface area contributed by atoms with Gasteiger partial charge in [0.2, 0.25) is 0 Å². The summed E-state index contributed by atoms with van der Waals surface area (Å²) in [6.07, 6.45) is 1.08. The highest BCUT2D eigenvalue weighted by Gasteiger charge is 2.22. The summed E-state index contributed by atoms with van der Waals surface area (Å²) in [5, 5.41) is 3.15. The van der Waals surface area contributed by atoms with E-state index in [9.17, 15) is 4.79 Å². The Bertz CT molecular complexity index is 579. The van der Waals surface area contributed by atoms with Crippen molar-refractivity contribution in [3.63, 3.8) is 0 Å². The largest absolute Gasteiger partial charge is 0.379 e. The van der Waals surface area contributed by atoms with Gasteiger partial charge in [0.05, 0.1) is 26.4 Å². The van der Waals surface area contributed by atoms with Crippen LogP contribution in [0.5, 0.6) is 0 Å². The van der Waals surface area contributed by atoms with Gasteiger partial charge in [0, 0.05) is 50.0 Å². The number of carbonyl (C=O) groups excluding carboxylic acids is 1. The van der Waals surface area contributed by atoms with E-state index >= 15 is 0 Å². The molecule has 1 unspecified atom stereocenters. The Balaban J connectivity index is 1.54. The number of benzene rings is 1. The number of anilines is 1. The Labute approximate surface area is 162 Å². The second-order valence-electron chi connectivity index (χ2n) is 7.79. The first-order valence-electron chi connectivity index (χ1n) is 10.2. The molecule has 2 aliphatic heterocycles. The van der Waals surface area contributed by atoms with Crippen LogP contribution in [0.1, 0.15) is 30.6 Å². The summed E-state index contributed by atoms with van der Waals surface area (Å²) in [5.74, 6) is 0.605. The van der Waals surface area contributed by atoms with Crippen LogP contribution in [-0.2, 0) is 9.47 Å². The third-order valence-electron chi connectivity index (χ3n) is 5.31. The Morgan fingerprint density at radius 2 is 1.59 bits per heavy atom. The molecule has 2 heterocycles. The lowest BCUT2D eigenvalue weighted by molar-refractivity contribution is 0.0124. The van der Waals surface area contributed by atoms with Crippen molar-refractivity contribution < 1.29 is 14.3 Å². The highest BCUT2D eigenvalue weighted by molar-refractivity contribution is 5.94. The summed E-state index contributed by atoms with van der Waals surface area (Å²) in [6.45, 7) is 12.0. The number of rotatable bonds is 7. The molecular formula is C21H33N3O3. The summed E-state index contributed by atoms with van der Waals surface area (Å²) in [6, 6.07) is 8.28. The molecule has 1 aromatic rings. The molecule has 2 saturated heterocycles. The number of amides is 1. The summed E-state index contributed by atoms with van der Waals surface area (Å²) < 4.78 is 10.9. The zero-order valence-corrected chi connectivity index (χ0v) is 16.7. The van der Waals surface area contributed by atoms with E-state index in [0.29, 0.717) is 18.5 Å². The molecule has 150 valence electrons. The highest BCUT2D eigenvalue weighted by atomic mass is 16.5. The predicted molar refractivity (Wildman–Crippen MR) is 107 cm³/mol. The van der Waals surface area contributed by atoms with E-state index in [4.69, 9.17) is 9.47 Å². The molecule has 0 aliphatic carbocycles. The SMILES string of the molecule is CC(C)CC(CNC(=O)c1ccc(N2CCOCC2)cc1)N1CCOCC1. The van der Waals surface area contributed by atoms with Gasteiger partial charge in [0.1, 0.15) is 0 Å². The van der Waals surface area contributed by atoms with Gasteiger partial charge in [-0.1, -0.05) is 13.8 Å². The molecule has 1 N–H and O–H groups in total. The minimum absolute atomic E-state index is 0.00513. The Morgan fingerprint density at radius 1 is 1.00 bits per heavy atom. The topological polar surface area (TPSA) is 54.0 Å². The lowest BCUT2D eigenvalue weighted by atomic mass is 10.0. The molecule has 2 fully saturated rings. The molecule has 1 aromatic carbocycles. The maximum atomic E-state index is 12.6. The van der Waals surface area contributed by atoms with Crippen LogP contribution in [0.4, 0.5) is 5.69 Å². The van der Waals surface area contributed by atoms with Crippen molar-refractivity contribution in [2.45, 2.75) is 26.3 Å². The Kier molecular flexibility index (Phi) is 7.50. The van der Waals surface area contributed by atoms with Crippen LogP contribution < -0.4 is 10.2 Å². The van der Waals surface area contributed by atoms with Crippen molar-refractivity contribution in [2.75, 3.05) is 64.1 Å². The van der Waals surface area contributed by atoms with Crippen molar-refractivity contribution in [3.05, 3.63) is 29.8 Å². The van der Waals surface area contributed by atoms with E-state index in [1.54, 1.807) is 0 Å². The van der Waals surface area contributed by atoms with Gasteiger partial charge in [-0.25, -0.2) is 0 Å². The number of morpholine rings is 2. The molecule has 6 heteroatoms. The van der Waals surface area contributed by atoms with E-state index in [-0.39, 0.29) is 5.91 Å². The number of ether oxygens (including phenoxy) is 2. The minimum atomic E-state index is 0.00513. The third-order valence-corrected chi connectivity index (χ3v) is 5.31. The van der Waals surface area contributed by atoms with E-state index in [1.165, 1.54) is 0 Å². The molecule has 0 saturated carbocycles. The van der Waals surface area contributed by atoms with E-state index in [1.807, 2.05) is 24.3 Å². The van der Waals surface area contributed by atoms with E-state index in [0.717, 1.165) is 70.3 Å². The average Bonchev–Trinajstić information content (AvgIpc) is 2.72. The molecular weight excluding hydrogens is 342 g/mol. The number of carbonyl (C=O) groups is 1. The van der Waals surface area contributed by atoms with Gasteiger partial charge in [-0.3, -0.25) is 9.69 Å². The third kappa shape index (κ3) is 5.92. The van der Waals surface area contributed by atoms with Gasteiger partial charge < -0.3 is 19.7 Å². The Hall–Kier alpha value is -1.63. The molecule has 0 aromatic heterocycles. The first-order chi connectivity index (χ1) is 13.1. The molecule has 2 aliphatic rings. The van der Waals surface area contributed by atoms with Gasteiger partial charge in [-0.2, -0.15) is 0 Å². The van der Waals surface area contributed by atoms with Gasteiger partial charge >= 0.3 is 0 Å². The Morgan fingerprint density at radius 3 is 2.19 bits per heavy atom. The summed E-state index contributed by atoms with van der Waals surface area (Å²) in [7, 11) is 0. The van der Waals surface area contributed by atoms with Crippen LogP contribution >= 0.6 is 0 Å². The van der Waals surface area contributed by atoms with Crippen molar-refractivity contribution >= 4 is 11.6 Å². The van der Waals surface area contributed by atoms with Crippen molar-refractivity contribution in [3.8, 4) is 0 Å². The molecule has 6 nitrogen and oxygen atoms in total. The number of hydrogen-bond acceptors (Lipinski definition) is 5. The molecule has 27 heavy (non-hydrogen) atoms. The van der Waals surface area contributed by atoms with Crippen LogP contribution in [-0.4, -0.2) is 76.0 Å². The minimum Gasteiger partial charge on any atom is -0.379 e. The summed E-state index contributed by atoms with van der Waals surface area (Å²) >= 11 is 0. The van der Waals surface area contributed by atoms with Crippen molar-refractivity contribution in [1.82, 2.24) is 10.2 Å². The second-order valence-corrected chi connectivity index (χ2v) is 7.79. The predicted octanol–water partition coefficient (Wildman–Crippen LogP) is 2.00. The van der Waals surface area contributed by atoms with Crippen LogP contribution in [0.3, 0.4) is 0 Å². The summed E-state index contributed by atoms with van der Waals surface area (Å²) in [4.78, 5) is 17.4. The monoisotopic (exact) mass is 375 g/mol. The molecule has 0 bridgehead atoms. The van der Waals surface area contributed by atoms with E-state index < -0.39 is 0 Å². The molecule has 0 radical (unpaired) electrons. The zero-order chi connectivity index (χ0) is 19.1. The lowest BCUT2D eigenvalue weighted by Gasteiger charge is -2.35. The highest BCUT2D eigenvalue weighted by Crippen LogP contribution is 2.17.